The monoisotopic (exact) mass is 340 g/mol. The number of hydrogen-bond acceptors (Lipinski definition) is 4. The van der Waals surface area contributed by atoms with E-state index in [0.29, 0.717) is 0 Å². The largest absolute Gasteiger partial charge is 0.213 e. The van der Waals surface area contributed by atoms with Crippen LogP contribution in [-0.2, 0) is 5.75 Å². The van der Waals surface area contributed by atoms with Crippen LogP contribution in [0.4, 0.5) is 0 Å². The first-order chi connectivity index (χ1) is 6.84. The summed E-state index contributed by atoms with van der Waals surface area (Å²) in [4.78, 5) is 4.37. The molecule has 1 heterocycles. The van der Waals surface area contributed by atoms with Gasteiger partial charge < -0.3 is 0 Å². The van der Waals surface area contributed by atoms with Crippen LogP contribution >= 0.6 is 45.9 Å². The lowest BCUT2D eigenvalue weighted by Gasteiger charge is -2.20. The first-order valence-electron chi connectivity index (χ1n) is 4.94. The van der Waals surface area contributed by atoms with Gasteiger partial charge in [-0.1, -0.05) is 19.3 Å². The highest BCUT2D eigenvalue weighted by Gasteiger charge is 2.14. The summed E-state index contributed by atoms with van der Waals surface area (Å²) in [7, 11) is 0. The van der Waals surface area contributed by atoms with Crippen LogP contribution < -0.4 is 0 Å². The fraction of sp³-hybridized carbons (Fsp3) is 0.778. The van der Waals surface area contributed by atoms with Crippen LogP contribution in [0.3, 0.4) is 0 Å². The van der Waals surface area contributed by atoms with E-state index in [9.17, 15) is 0 Å². The van der Waals surface area contributed by atoms with E-state index in [2.05, 4.69) is 31.9 Å². The molecule has 14 heavy (non-hydrogen) atoms. The van der Waals surface area contributed by atoms with Crippen molar-refractivity contribution in [3.63, 3.8) is 0 Å². The van der Waals surface area contributed by atoms with Gasteiger partial charge in [-0.05, 0) is 47.0 Å². The van der Waals surface area contributed by atoms with E-state index in [0.717, 1.165) is 19.8 Å². The van der Waals surface area contributed by atoms with E-state index >= 15 is 0 Å². The molecule has 0 unspecified atom stereocenters. The number of aromatic nitrogens is 2. The minimum absolute atomic E-state index is 0.866. The third-order valence-electron chi connectivity index (χ3n) is 2.44. The summed E-state index contributed by atoms with van der Waals surface area (Å²) in [6.07, 6.45) is 7.06. The number of thioether (sulfide) groups is 1. The highest BCUT2D eigenvalue weighted by atomic mass is 127. The Morgan fingerprint density at radius 1 is 1.36 bits per heavy atom. The summed E-state index contributed by atoms with van der Waals surface area (Å²) in [5.74, 6) is 2.03. The van der Waals surface area contributed by atoms with Gasteiger partial charge in [-0.2, -0.15) is 16.1 Å². The molecule has 1 aromatic heterocycles. The van der Waals surface area contributed by atoms with Crippen LogP contribution in [0.5, 0.6) is 0 Å². The van der Waals surface area contributed by atoms with Crippen LogP contribution in [0.15, 0.2) is 0 Å². The molecule has 1 aliphatic rings. The average molecular weight is 340 g/mol. The maximum atomic E-state index is 4.37. The molecule has 0 aromatic carbocycles. The number of nitrogens with zero attached hydrogens (tertiary/aromatic N) is 2. The molecule has 1 aromatic rings. The molecule has 5 heteroatoms. The molecular weight excluding hydrogens is 327 g/mol. The van der Waals surface area contributed by atoms with Gasteiger partial charge in [0.05, 0.1) is 5.75 Å². The Labute approximate surface area is 107 Å². The Kier molecular flexibility index (Phi) is 4.49. The van der Waals surface area contributed by atoms with E-state index in [1.807, 2.05) is 11.8 Å². The normalized spacial score (nSPS) is 18.6. The molecule has 2 nitrogen and oxygen atoms in total. The van der Waals surface area contributed by atoms with Crippen molar-refractivity contribution in [2.75, 3.05) is 0 Å². The molecular formula is C9H13IN2S2. The molecule has 0 atom stereocenters. The van der Waals surface area contributed by atoms with E-state index in [1.54, 1.807) is 0 Å². The van der Waals surface area contributed by atoms with Gasteiger partial charge in [0.25, 0.3) is 0 Å². The average Bonchev–Trinajstić information content (AvgIpc) is 2.63. The number of halogens is 1. The Morgan fingerprint density at radius 2 is 2.14 bits per heavy atom. The van der Waals surface area contributed by atoms with Crippen molar-refractivity contribution < 1.29 is 0 Å². The van der Waals surface area contributed by atoms with Crippen molar-refractivity contribution in [1.29, 1.82) is 0 Å². The first-order valence-corrected chi connectivity index (χ1v) is 7.84. The zero-order valence-corrected chi connectivity index (χ0v) is 11.7. The summed E-state index contributed by atoms with van der Waals surface area (Å²) in [5, 5.41) is 0.866. The highest BCUT2D eigenvalue weighted by molar-refractivity contribution is 14.1. The zero-order valence-electron chi connectivity index (χ0n) is 7.91. The van der Waals surface area contributed by atoms with Crippen molar-refractivity contribution in [1.82, 2.24) is 9.36 Å². The molecule has 0 amide bonds. The summed E-state index contributed by atoms with van der Waals surface area (Å²) in [5.41, 5.74) is 0. The molecule has 1 fully saturated rings. The fourth-order valence-corrected chi connectivity index (χ4v) is 3.98. The maximum absolute atomic E-state index is 4.37. The molecule has 1 aliphatic carbocycles. The quantitative estimate of drug-likeness (QED) is 0.785. The third kappa shape index (κ3) is 3.34. The van der Waals surface area contributed by atoms with Crippen molar-refractivity contribution in [2.24, 2.45) is 0 Å². The van der Waals surface area contributed by atoms with Crippen LogP contribution in [0.1, 0.15) is 37.9 Å². The van der Waals surface area contributed by atoms with Gasteiger partial charge in [0.2, 0.25) is 0 Å². The van der Waals surface area contributed by atoms with E-state index in [1.165, 1.54) is 43.6 Å². The summed E-state index contributed by atoms with van der Waals surface area (Å²) in [6, 6.07) is 0. The number of hydrogen-bond donors (Lipinski definition) is 0. The Balaban J connectivity index is 1.76. The molecule has 1 saturated carbocycles. The van der Waals surface area contributed by atoms with Gasteiger partial charge in [-0.3, -0.25) is 0 Å². The minimum Gasteiger partial charge on any atom is -0.213 e. The summed E-state index contributed by atoms with van der Waals surface area (Å²) in [6.45, 7) is 0. The van der Waals surface area contributed by atoms with Gasteiger partial charge in [-0.15, -0.1) is 0 Å². The standard InChI is InChI=1S/C9H13IN2S2/c10-9-11-8(12-14-9)6-13-7-4-2-1-3-5-7/h7H,1-6H2. The molecule has 0 N–H and O–H groups in total. The van der Waals surface area contributed by atoms with Crippen LogP contribution in [0.2, 0.25) is 0 Å². The van der Waals surface area contributed by atoms with Gasteiger partial charge in [0.1, 0.15) is 0 Å². The van der Waals surface area contributed by atoms with Gasteiger partial charge in [0.15, 0.2) is 8.84 Å². The molecule has 0 radical (unpaired) electrons. The lowest BCUT2D eigenvalue weighted by molar-refractivity contribution is 0.516. The van der Waals surface area contributed by atoms with Crippen LogP contribution in [-0.4, -0.2) is 14.6 Å². The van der Waals surface area contributed by atoms with E-state index in [4.69, 9.17) is 0 Å². The highest BCUT2D eigenvalue weighted by Crippen LogP contribution is 2.30. The molecule has 78 valence electrons. The zero-order chi connectivity index (χ0) is 9.80. The molecule has 0 spiro atoms. The van der Waals surface area contributed by atoms with Gasteiger partial charge >= 0.3 is 0 Å². The van der Waals surface area contributed by atoms with Gasteiger partial charge in [0, 0.05) is 5.25 Å². The first kappa shape index (κ1) is 11.1. The summed E-state index contributed by atoms with van der Waals surface area (Å²) >= 11 is 5.78. The Morgan fingerprint density at radius 3 is 2.79 bits per heavy atom. The molecule has 0 aliphatic heterocycles. The number of rotatable bonds is 3. The minimum atomic E-state index is 0.866. The lowest BCUT2D eigenvalue weighted by Crippen LogP contribution is -2.08. The fourth-order valence-electron chi connectivity index (χ4n) is 1.72. The van der Waals surface area contributed by atoms with Crippen molar-refractivity contribution in [2.45, 2.75) is 43.1 Å². The van der Waals surface area contributed by atoms with Crippen molar-refractivity contribution in [3.05, 3.63) is 8.84 Å². The van der Waals surface area contributed by atoms with Gasteiger partial charge in [-0.25, -0.2) is 4.98 Å². The smallest absolute Gasteiger partial charge is 0.174 e. The van der Waals surface area contributed by atoms with E-state index in [-0.39, 0.29) is 0 Å². The van der Waals surface area contributed by atoms with E-state index < -0.39 is 0 Å². The Bertz CT molecular complexity index is 284. The van der Waals surface area contributed by atoms with Crippen LogP contribution in [0, 0.1) is 3.01 Å². The van der Waals surface area contributed by atoms with Crippen molar-refractivity contribution >= 4 is 45.9 Å². The van der Waals surface area contributed by atoms with Crippen LogP contribution in [0.25, 0.3) is 0 Å². The second-order valence-corrected chi connectivity index (χ2v) is 7.33. The SMILES string of the molecule is Ic1nc(CSC2CCCCC2)ns1. The maximum Gasteiger partial charge on any atom is 0.174 e. The third-order valence-corrected chi connectivity index (χ3v) is 5.19. The van der Waals surface area contributed by atoms with Crippen molar-refractivity contribution in [3.8, 4) is 0 Å². The topological polar surface area (TPSA) is 25.8 Å². The second-order valence-electron chi connectivity index (χ2n) is 3.53. The second kappa shape index (κ2) is 5.65. The predicted octanol–water partition coefficient (Wildman–Crippen LogP) is 3.71. The molecule has 0 bridgehead atoms. The predicted molar refractivity (Wildman–Crippen MR) is 70.8 cm³/mol. The molecule has 2 rings (SSSR count). The lowest BCUT2D eigenvalue weighted by atomic mass is 10.0. The molecule has 0 saturated heterocycles. The Hall–Kier alpha value is 0.640. The summed E-state index contributed by atoms with van der Waals surface area (Å²) < 4.78 is 5.36.